The molecule has 0 radical (unpaired) electrons. The van der Waals surface area contributed by atoms with Gasteiger partial charge in [-0.2, -0.15) is 0 Å². The molecule has 30 heavy (non-hydrogen) atoms. The first-order valence-corrected chi connectivity index (χ1v) is 10.0. The maximum atomic E-state index is 13.2. The van der Waals surface area contributed by atoms with Gasteiger partial charge in [0.15, 0.2) is 17.3 Å². The summed E-state index contributed by atoms with van der Waals surface area (Å²) in [6.45, 7) is 2.97. The van der Waals surface area contributed by atoms with Gasteiger partial charge in [0, 0.05) is 43.7 Å². The highest BCUT2D eigenvalue weighted by Gasteiger charge is 2.24. The molecule has 1 saturated heterocycles. The number of carbonyl (C=O) groups is 2. The molecule has 6 nitrogen and oxygen atoms in total. The number of benzene rings is 2. The lowest BCUT2D eigenvalue weighted by Gasteiger charge is -2.33. The average Bonchev–Trinajstić information content (AvgIpc) is 2.78. The first-order chi connectivity index (χ1) is 14.5. The van der Waals surface area contributed by atoms with Gasteiger partial charge in [0.2, 0.25) is 5.91 Å². The third-order valence-corrected chi connectivity index (χ3v) is 5.26. The largest absolute Gasteiger partial charge is 0.493 e. The van der Waals surface area contributed by atoms with E-state index in [0.717, 1.165) is 18.7 Å². The van der Waals surface area contributed by atoms with Crippen molar-refractivity contribution < 1.29 is 19.1 Å². The summed E-state index contributed by atoms with van der Waals surface area (Å²) in [5.74, 6) is 0.825. The van der Waals surface area contributed by atoms with Gasteiger partial charge in [0.1, 0.15) is 0 Å². The molecular weight excluding hydrogens is 380 g/mol. The van der Waals surface area contributed by atoms with Gasteiger partial charge in [-0.3, -0.25) is 9.59 Å². The van der Waals surface area contributed by atoms with Crippen LogP contribution in [0, 0.1) is 0 Å². The van der Waals surface area contributed by atoms with Crippen LogP contribution in [0.5, 0.6) is 11.5 Å². The van der Waals surface area contributed by atoms with Gasteiger partial charge in [0.25, 0.3) is 0 Å². The zero-order valence-electron chi connectivity index (χ0n) is 17.8. The van der Waals surface area contributed by atoms with Crippen LogP contribution in [-0.2, 0) is 4.79 Å². The van der Waals surface area contributed by atoms with Crippen molar-refractivity contribution in [3.05, 3.63) is 65.2 Å². The van der Waals surface area contributed by atoms with Crippen LogP contribution in [0.2, 0.25) is 0 Å². The van der Waals surface area contributed by atoms with Gasteiger partial charge in [-0.1, -0.05) is 30.3 Å². The van der Waals surface area contributed by atoms with Crippen molar-refractivity contribution in [3.63, 3.8) is 0 Å². The number of carbonyl (C=O) groups excluding carboxylic acids is 2. The minimum absolute atomic E-state index is 0.0234. The lowest BCUT2D eigenvalue weighted by Crippen LogP contribution is -2.47. The molecule has 1 aliphatic heterocycles. The van der Waals surface area contributed by atoms with Gasteiger partial charge in [-0.15, -0.1) is 0 Å². The zero-order chi connectivity index (χ0) is 21.5. The monoisotopic (exact) mass is 408 g/mol. The second-order valence-electron chi connectivity index (χ2n) is 7.35. The van der Waals surface area contributed by atoms with Crippen molar-refractivity contribution in [2.75, 3.05) is 47.4 Å². The van der Waals surface area contributed by atoms with Crippen LogP contribution in [0.15, 0.2) is 54.1 Å². The molecule has 0 atom stereocenters. The Balaban J connectivity index is 1.86. The molecule has 0 N–H and O–H groups in total. The van der Waals surface area contributed by atoms with Crippen LogP contribution in [0.3, 0.4) is 0 Å². The molecule has 1 aliphatic rings. The first kappa shape index (κ1) is 21.6. The molecule has 0 aliphatic carbocycles. The molecule has 0 saturated carbocycles. The third-order valence-electron chi connectivity index (χ3n) is 5.26. The maximum absolute atomic E-state index is 13.2. The van der Waals surface area contributed by atoms with Gasteiger partial charge >= 0.3 is 0 Å². The molecule has 158 valence electrons. The fourth-order valence-corrected chi connectivity index (χ4v) is 3.44. The molecule has 6 heteroatoms. The topological polar surface area (TPSA) is 59.1 Å². The summed E-state index contributed by atoms with van der Waals surface area (Å²) in [5.41, 5.74) is 1.87. The van der Waals surface area contributed by atoms with Crippen LogP contribution in [-0.4, -0.2) is 68.9 Å². The highest BCUT2D eigenvalue weighted by atomic mass is 16.5. The predicted octanol–water partition coefficient (Wildman–Crippen LogP) is 3.13. The first-order valence-electron chi connectivity index (χ1n) is 10.0. The molecule has 1 fully saturated rings. The van der Waals surface area contributed by atoms with E-state index in [4.69, 9.17) is 9.47 Å². The number of ether oxygens (including phenoxy) is 2. The SMILES string of the molecule is COc1ccc(C(=O)C/C(=C/c2ccccc2)C(=O)N2CCN(C)CC2)cc1OC. The smallest absolute Gasteiger partial charge is 0.250 e. The molecule has 1 heterocycles. The summed E-state index contributed by atoms with van der Waals surface area (Å²) in [6.07, 6.45) is 1.84. The normalized spacial score (nSPS) is 15.0. The number of amides is 1. The predicted molar refractivity (Wildman–Crippen MR) is 117 cm³/mol. The van der Waals surface area contributed by atoms with Crippen molar-refractivity contribution >= 4 is 17.8 Å². The van der Waals surface area contributed by atoms with Crippen molar-refractivity contribution in [3.8, 4) is 11.5 Å². The molecular formula is C24H28N2O4. The van der Waals surface area contributed by atoms with Gasteiger partial charge < -0.3 is 19.3 Å². The summed E-state index contributed by atoms with van der Waals surface area (Å²) < 4.78 is 10.6. The molecule has 0 spiro atoms. The minimum Gasteiger partial charge on any atom is -0.493 e. The molecule has 1 amide bonds. The van der Waals surface area contributed by atoms with Crippen molar-refractivity contribution in [2.45, 2.75) is 6.42 Å². The number of hydrogen-bond acceptors (Lipinski definition) is 5. The molecule has 2 aromatic carbocycles. The second kappa shape index (κ2) is 10.1. The maximum Gasteiger partial charge on any atom is 0.250 e. The highest BCUT2D eigenvalue weighted by molar-refractivity contribution is 6.07. The molecule has 0 bridgehead atoms. The number of nitrogens with zero attached hydrogens (tertiary/aromatic N) is 2. The van der Waals surface area contributed by atoms with Crippen LogP contribution in [0.1, 0.15) is 22.3 Å². The van der Waals surface area contributed by atoms with Gasteiger partial charge in [-0.25, -0.2) is 0 Å². The van der Waals surface area contributed by atoms with E-state index in [9.17, 15) is 9.59 Å². The van der Waals surface area contributed by atoms with Crippen LogP contribution in [0.25, 0.3) is 6.08 Å². The Morgan fingerprint density at radius 3 is 2.23 bits per heavy atom. The fraction of sp³-hybridized carbons (Fsp3) is 0.333. The standard InChI is InChI=1S/C24H28N2O4/c1-25-11-13-26(14-12-25)24(28)20(15-18-7-5-4-6-8-18)16-21(27)19-9-10-22(29-2)23(17-19)30-3/h4-10,15,17H,11-14,16H2,1-3H3/b20-15-. The Kier molecular flexibility index (Phi) is 7.25. The number of likely N-dealkylation sites (N-methyl/N-ethyl adjacent to an activating group) is 1. The number of Topliss-reactive ketones (excluding diaryl/α,β-unsaturated/α-hetero) is 1. The van der Waals surface area contributed by atoms with E-state index in [1.165, 1.54) is 7.11 Å². The van der Waals surface area contributed by atoms with Gasteiger partial charge in [-0.05, 0) is 36.9 Å². The van der Waals surface area contributed by atoms with E-state index < -0.39 is 0 Å². The quantitative estimate of drug-likeness (QED) is 0.520. The third kappa shape index (κ3) is 5.27. The summed E-state index contributed by atoms with van der Waals surface area (Å²) in [7, 11) is 5.13. The summed E-state index contributed by atoms with van der Waals surface area (Å²) in [4.78, 5) is 30.3. The van der Waals surface area contributed by atoms with Crippen molar-refractivity contribution in [1.29, 1.82) is 0 Å². The fourth-order valence-electron chi connectivity index (χ4n) is 3.44. The van der Waals surface area contributed by atoms with E-state index in [1.54, 1.807) is 25.3 Å². The summed E-state index contributed by atoms with van der Waals surface area (Å²) in [5, 5.41) is 0. The Morgan fingerprint density at radius 1 is 0.933 bits per heavy atom. The highest BCUT2D eigenvalue weighted by Crippen LogP contribution is 2.28. The number of piperazine rings is 1. The van der Waals surface area contributed by atoms with E-state index in [2.05, 4.69) is 4.90 Å². The minimum atomic E-state index is -0.138. The molecule has 3 rings (SSSR count). The number of ketones is 1. The van der Waals surface area contributed by atoms with E-state index in [-0.39, 0.29) is 18.1 Å². The van der Waals surface area contributed by atoms with Crippen LogP contribution < -0.4 is 9.47 Å². The number of rotatable bonds is 7. The van der Waals surface area contributed by atoms with Crippen molar-refractivity contribution in [1.82, 2.24) is 9.80 Å². The van der Waals surface area contributed by atoms with E-state index >= 15 is 0 Å². The van der Waals surface area contributed by atoms with Crippen LogP contribution >= 0.6 is 0 Å². The van der Waals surface area contributed by atoms with Gasteiger partial charge in [0.05, 0.1) is 14.2 Å². The molecule has 0 aromatic heterocycles. The lowest BCUT2D eigenvalue weighted by atomic mass is 9.99. The lowest BCUT2D eigenvalue weighted by molar-refractivity contribution is -0.128. The van der Waals surface area contributed by atoms with E-state index in [0.29, 0.717) is 35.7 Å². The zero-order valence-corrected chi connectivity index (χ0v) is 17.8. The number of methoxy groups -OCH3 is 2. The number of hydrogen-bond donors (Lipinski definition) is 0. The molecule has 0 unspecified atom stereocenters. The summed E-state index contributed by atoms with van der Waals surface area (Å²) >= 11 is 0. The Hall–Kier alpha value is -3.12. The average molecular weight is 408 g/mol. The Morgan fingerprint density at radius 2 is 1.60 bits per heavy atom. The summed E-state index contributed by atoms with van der Waals surface area (Å²) in [6, 6.07) is 14.7. The second-order valence-corrected chi connectivity index (χ2v) is 7.35. The van der Waals surface area contributed by atoms with E-state index in [1.807, 2.05) is 48.4 Å². The van der Waals surface area contributed by atoms with Crippen molar-refractivity contribution in [2.24, 2.45) is 0 Å². The molecule has 2 aromatic rings. The van der Waals surface area contributed by atoms with Crippen LogP contribution in [0.4, 0.5) is 0 Å². The Labute approximate surface area is 177 Å². The Bertz CT molecular complexity index is 916.